The highest BCUT2D eigenvalue weighted by Gasteiger charge is 2.26. The van der Waals surface area contributed by atoms with E-state index in [0.717, 1.165) is 17.1 Å². The SMILES string of the molecule is Cc1c([C@@H](C)NCC(C)(C)C(N)=O)cnn1-c1ccccn1. The lowest BCUT2D eigenvalue weighted by Gasteiger charge is -2.23. The number of primary amides is 1. The molecule has 6 nitrogen and oxygen atoms in total. The van der Waals surface area contributed by atoms with E-state index in [1.165, 1.54) is 0 Å². The van der Waals surface area contributed by atoms with Crippen LogP contribution in [0.15, 0.2) is 30.6 Å². The molecule has 0 fully saturated rings. The zero-order chi connectivity index (χ0) is 16.3. The van der Waals surface area contributed by atoms with Crippen molar-refractivity contribution in [3.63, 3.8) is 0 Å². The quantitative estimate of drug-likeness (QED) is 0.851. The van der Waals surface area contributed by atoms with Gasteiger partial charge in [0.1, 0.15) is 0 Å². The van der Waals surface area contributed by atoms with Gasteiger partial charge in [-0.25, -0.2) is 9.67 Å². The molecule has 0 saturated carbocycles. The number of hydrogen-bond acceptors (Lipinski definition) is 4. The van der Waals surface area contributed by atoms with Crippen LogP contribution in [0.2, 0.25) is 0 Å². The number of carbonyl (C=O) groups is 1. The molecule has 0 aromatic carbocycles. The van der Waals surface area contributed by atoms with Crippen LogP contribution in [0.1, 0.15) is 38.1 Å². The molecule has 0 aliphatic rings. The molecule has 1 atom stereocenters. The van der Waals surface area contributed by atoms with Crippen molar-refractivity contribution >= 4 is 5.91 Å². The number of nitrogens with two attached hydrogens (primary N) is 1. The molecule has 0 spiro atoms. The van der Waals surface area contributed by atoms with Crippen LogP contribution in [0.5, 0.6) is 0 Å². The molecule has 3 N–H and O–H groups in total. The number of aromatic nitrogens is 3. The zero-order valence-electron chi connectivity index (χ0n) is 13.5. The van der Waals surface area contributed by atoms with Crippen LogP contribution in [0.25, 0.3) is 5.82 Å². The highest BCUT2D eigenvalue weighted by molar-refractivity contribution is 5.80. The molecule has 1 amide bonds. The Bertz CT molecular complexity index is 648. The van der Waals surface area contributed by atoms with Gasteiger partial charge in [-0.2, -0.15) is 5.10 Å². The van der Waals surface area contributed by atoms with Gasteiger partial charge in [-0.3, -0.25) is 4.79 Å². The highest BCUT2D eigenvalue weighted by atomic mass is 16.1. The summed E-state index contributed by atoms with van der Waals surface area (Å²) in [5.41, 5.74) is 6.92. The number of amides is 1. The van der Waals surface area contributed by atoms with Gasteiger partial charge >= 0.3 is 0 Å². The summed E-state index contributed by atoms with van der Waals surface area (Å²) >= 11 is 0. The largest absolute Gasteiger partial charge is 0.369 e. The molecule has 0 aliphatic heterocycles. The average Bonchev–Trinajstić information content (AvgIpc) is 2.87. The van der Waals surface area contributed by atoms with Crippen LogP contribution in [0.4, 0.5) is 0 Å². The van der Waals surface area contributed by atoms with Gasteiger partial charge in [0.05, 0.1) is 11.6 Å². The molecule has 6 heteroatoms. The molecule has 118 valence electrons. The van der Waals surface area contributed by atoms with Crippen molar-refractivity contribution in [2.45, 2.75) is 33.7 Å². The van der Waals surface area contributed by atoms with E-state index in [1.807, 2.05) is 56.8 Å². The third kappa shape index (κ3) is 3.33. The van der Waals surface area contributed by atoms with E-state index in [0.29, 0.717) is 6.54 Å². The lowest BCUT2D eigenvalue weighted by Crippen LogP contribution is -2.41. The summed E-state index contributed by atoms with van der Waals surface area (Å²) < 4.78 is 1.81. The van der Waals surface area contributed by atoms with Crippen molar-refractivity contribution < 1.29 is 4.79 Å². The summed E-state index contributed by atoms with van der Waals surface area (Å²) in [6.07, 6.45) is 3.58. The molecule has 0 saturated heterocycles. The third-order valence-corrected chi connectivity index (χ3v) is 3.90. The molecule has 0 radical (unpaired) electrons. The van der Waals surface area contributed by atoms with Crippen LogP contribution in [0.3, 0.4) is 0 Å². The fourth-order valence-electron chi connectivity index (χ4n) is 2.16. The summed E-state index contributed by atoms with van der Waals surface area (Å²) in [5, 5.41) is 7.76. The number of carbonyl (C=O) groups excluding carboxylic acids is 1. The van der Waals surface area contributed by atoms with Crippen LogP contribution < -0.4 is 11.1 Å². The van der Waals surface area contributed by atoms with Crippen molar-refractivity contribution in [3.8, 4) is 5.82 Å². The normalized spacial score (nSPS) is 13.1. The van der Waals surface area contributed by atoms with E-state index in [9.17, 15) is 4.79 Å². The summed E-state index contributed by atoms with van der Waals surface area (Å²) in [6, 6.07) is 5.79. The van der Waals surface area contributed by atoms with Crippen molar-refractivity contribution in [1.29, 1.82) is 0 Å². The molecule has 0 unspecified atom stereocenters. The molecular formula is C16H23N5O. The Morgan fingerprint density at radius 2 is 2.18 bits per heavy atom. The van der Waals surface area contributed by atoms with Crippen LogP contribution in [-0.4, -0.2) is 27.2 Å². The number of hydrogen-bond donors (Lipinski definition) is 2. The zero-order valence-corrected chi connectivity index (χ0v) is 13.5. The van der Waals surface area contributed by atoms with Gasteiger partial charge < -0.3 is 11.1 Å². The smallest absolute Gasteiger partial charge is 0.224 e. The standard InChI is InChI=1S/C16H23N5O/c1-11(19-10-16(3,4)15(17)22)13-9-20-21(12(13)2)14-7-5-6-8-18-14/h5-9,11,19H,10H2,1-4H3,(H2,17,22)/t11-/m1/s1. The van der Waals surface area contributed by atoms with E-state index in [2.05, 4.69) is 15.4 Å². The Morgan fingerprint density at radius 3 is 2.77 bits per heavy atom. The van der Waals surface area contributed by atoms with E-state index >= 15 is 0 Å². The molecule has 2 heterocycles. The lowest BCUT2D eigenvalue weighted by molar-refractivity contribution is -0.125. The first kappa shape index (κ1) is 16.2. The van der Waals surface area contributed by atoms with Gasteiger partial charge in [0.15, 0.2) is 5.82 Å². The minimum Gasteiger partial charge on any atom is -0.369 e. The Morgan fingerprint density at radius 1 is 1.45 bits per heavy atom. The lowest BCUT2D eigenvalue weighted by atomic mass is 9.92. The van der Waals surface area contributed by atoms with Crippen molar-refractivity contribution in [3.05, 3.63) is 41.9 Å². The first-order chi connectivity index (χ1) is 10.3. The summed E-state index contributed by atoms with van der Waals surface area (Å²) in [7, 11) is 0. The number of rotatable bonds is 6. The minimum atomic E-state index is -0.584. The van der Waals surface area contributed by atoms with Gasteiger partial charge in [-0.05, 0) is 39.8 Å². The third-order valence-electron chi connectivity index (χ3n) is 3.90. The molecular weight excluding hydrogens is 278 g/mol. The maximum atomic E-state index is 11.4. The van der Waals surface area contributed by atoms with E-state index < -0.39 is 5.41 Å². The summed E-state index contributed by atoms with van der Waals surface area (Å²) in [6.45, 7) is 8.23. The molecule has 2 rings (SSSR count). The Hall–Kier alpha value is -2.21. The van der Waals surface area contributed by atoms with Crippen LogP contribution >= 0.6 is 0 Å². The average molecular weight is 301 g/mol. The second-order valence-electron chi connectivity index (χ2n) is 6.14. The fraction of sp³-hybridized carbons (Fsp3) is 0.438. The van der Waals surface area contributed by atoms with Crippen LogP contribution in [0, 0.1) is 12.3 Å². The first-order valence-corrected chi connectivity index (χ1v) is 7.32. The molecule has 22 heavy (non-hydrogen) atoms. The van der Waals surface area contributed by atoms with E-state index in [1.54, 1.807) is 6.20 Å². The topological polar surface area (TPSA) is 85.8 Å². The van der Waals surface area contributed by atoms with Crippen molar-refractivity contribution in [2.75, 3.05) is 6.54 Å². The van der Waals surface area contributed by atoms with Crippen molar-refractivity contribution in [2.24, 2.45) is 11.1 Å². The monoisotopic (exact) mass is 301 g/mol. The van der Waals surface area contributed by atoms with Gasteiger partial charge in [0, 0.05) is 30.0 Å². The van der Waals surface area contributed by atoms with E-state index in [4.69, 9.17) is 5.73 Å². The number of pyridine rings is 1. The van der Waals surface area contributed by atoms with Gasteiger partial charge in [-0.15, -0.1) is 0 Å². The predicted octanol–water partition coefficient (Wildman–Crippen LogP) is 1.74. The summed E-state index contributed by atoms with van der Waals surface area (Å²) in [5.74, 6) is 0.476. The predicted molar refractivity (Wildman–Crippen MR) is 85.5 cm³/mol. The Balaban J connectivity index is 2.14. The van der Waals surface area contributed by atoms with Crippen molar-refractivity contribution in [1.82, 2.24) is 20.1 Å². The molecule has 0 bridgehead atoms. The molecule has 0 aliphatic carbocycles. The maximum absolute atomic E-state index is 11.4. The molecule has 2 aromatic rings. The van der Waals surface area contributed by atoms with Crippen LogP contribution in [-0.2, 0) is 4.79 Å². The number of nitrogens with zero attached hydrogens (tertiary/aromatic N) is 3. The number of nitrogens with one attached hydrogen (secondary N) is 1. The minimum absolute atomic E-state index is 0.0658. The Labute approximate surface area is 130 Å². The van der Waals surface area contributed by atoms with Gasteiger partial charge in [0.2, 0.25) is 5.91 Å². The van der Waals surface area contributed by atoms with Gasteiger partial charge in [0.25, 0.3) is 0 Å². The molecule has 2 aromatic heterocycles. The summed E-state index contributed by atoms with van der Waals surface area (Å²) in [4.78, 5) is 15.7. The van der Waals surface area contributed by atoms with E-state index in [-0.39, 0.29) is 11.9 Å². The maximum Gasteiger partial charge on any atom is 0.224 e. The second kappa shape index (κ2) is 6.27. The first-order valence-electron chi connectivity index (χ1n) is 7.32. The second-order valence-corrected chi connectivity index (χ2v) is 6.14. The fourth-order valence-corrected chi connectivity index (χ4v) is 2.16. The Kier molecular flexibility index (Phi) is 4.61. The van der Waals surface area contributed by atoms with Gasteiger partial charge in [-0.1, -0.05) is 6.07 Å². The highest BCUT2D eigenvalue weighted by Crippen LogP contribution is 2.21.